The Morgan fingerprint density at radius 1 is 1.03 bits per heavy atom. The SMILES string of the molecule is CC(C)CCC[C@H](C)[C@H]1CC[C@H]2[C@@H]3[C@@H](N)C=C4C[C@@H](Cl)CC[C@]4(C)[C@H]3CC[C@]12C. The van der Waals surface area contributed by atoms with Gasteiger partial charge in [-0.05, 0) is 91.3 Å². The summed E-state index contributed by atoms with van der Waals surface area (Å²) in [6.07, 6.45) is 15.9. The van der Waals surface area contributed by atoms with Crippen molar-refractivity contribution in [2.45, 2.75) is 110 Å². The largest absolute Gasteiger partial charge is 0.324 e. The Morgan fingerprint density at radius 2 is 1.79 bits per heavy atom. The molecule has 2 heteroatoms. The maximum atomic E-state index is 6.93. The summed E-state index contributed by atoms with van der Waals surface area (Å²) in [5.41, 5.74) is 9.42. The minimum Gasteiger partial charge on any atom is -0.324 e. The quantitative estimate of drug-likeness (QED) is 0.360. The predicted octanol–water partition coefficient (Wildman–Crippen LogP) is 7.57. The molecule has 166 valence electrons. The molecule has 0 aliphatic heterocycles. The minimum atomic E-state index is 0.254. The highest BCUT2D eigenvalue weighted by Crippen LogP contribution is 2.67. The summed E-state index contributed by atoms with van der Waals surface area (Å²) in [5, 5.41) is 0.328. The van der Waals surface area contributed by atoms with Crippen LogP contribution in [-0.2, 0) is 0 Å². The van der Waals surface area contributed by atoms with Gasteiger partial charge in [0.25, 0.3) is 0 Å². The van der Waals surface area contributed by atoms with E-state index in [4.69, 9.17) is 17.3 Å². The molecule has 1 nitrogen and oxygen atoms in total. The molecule has 3 saturated carbocycles. The van der Waals surface area contributed by atoms with Crippen LogP contribution < -0.4 is 5.73 Å². The van der Waals surface area contributed by atoms with Gasteiger partial charge in [0, 0.05) is 11.4 Å². The normalized spacial score (nSPS) is 47.9. The van der Waals surface area contributed by atoms with Gasteiger partial charge in [-0.15, -0.1) is 11.6 Å². The number of hydrogen-bond acceptors (Lipinski definition) is 1. The fourth-order valence-electron chi connectivity index (χ4n) is 8.72. The van der Waals surface area contributed by atoms with E-state index >= 15 is 0 Å². The van der Waals surface area contributed by atoms with Gasteiger partial charge in [-0.3, -0.25) is 0 Å². The minimum absolute atomic E-state index is 0.254. The van der Waals surface area contributed by atoms with Gasteiger partial charge in [0.15, 0.2) is 0 Å². The molecule has 29 heavy (non-hydrogen) atoms. The smallest absolute Gasteiger partial charge is 0.0373 e. The van der Waals surface area contributed by atoms with Crippen molar-refractivity contribution in [2.24, 2.45) is 52.1 Å². The van der Waals surface area contributed by atoms with Crippen molar-refractivity contribution in [3.63, 3.8) is 0 Å². The molecule has 0 bridgehead atoms. The van der Waals surface area contributed by atoms with E-state index in [0.29, 0.717) is 22.1 Å². The third-order valence-electron chi connectivity index (χ3n) is 10.3. The molecule has 0 aromatic carbocycles. The van der Waals surface area contributed by atoms with Gasteiger partial charge >= 0.3 is 0 Å². The van der Waals surface area contributed by atoms with Crippen LogP contribution in [-0.4, -0.2) is 11.4 Å². The van der Waals surface area contributed by atoms with Crippen LogP contribution in [0.4, 0.5) is 0 Å². The maximum absolute atomic E-state index is 6.93. The lowest BCUT2D eigenvalue weighted by Gasteiger charge is -2.60. The second kappa shape index (κ2) is 8.16. The fraction of sp³-hybridized carbons (Fsp3) is 0.926. The monoisotopic (exact) mass is 419 g/mol. The second-order valence-electron chi connectivity index (χ2n) is 12.3. The van der Waals surface area contributed by atoms with Crippen LogP contribution in [0.25, 0.3) is 0 Å². The van der Waals surface area contributed by atoms with Gasteiger partial charge in [-0.25, -0.2) is 0 Å². The Balaban J connectivity index is 1.54. The van der Waals surface area contributed by atoms with Crippen LogP contribution in [0.15, 0.2) is 11.6 Å². The highest BCUT2D eigenvalue weighted by Gasteiger charge is 2.60. The molecule has 2 N–H and O–H groups in total. The van der Waals surface area contributed by atoms with Crippen LogP contribution in [0.5, 0.6) is 0 Å². The van der Waals surface area contributed by atoms with Crippen molar-refractivity contribution in [3.05, 3.63) is 11.6 Å². The Kier molecular flexibility index (Phi) is 6.24. The van der Waals surface area contributed by atoms with Crippen molar-refractivity contribution in [1.82, 2.24) is 0 Å². The molecule has 0 aromatic heterocycles. The molecule has 4 aliphatic carbocycles. The Morgan fingerprint density at radius 3 is 2.52 bits per heavy atom. The molecule has 4 aliphatic rings. The number of fused-ring (bicyclic) bond motifs is 5. The van der Waals surface area contributed by atoms with Gasteiger partial charge < -0.3 is 5.73 Å². The zero-order valence-corrected chi connectivity index (χ0v) is 20.5. The summed E-state index contributed by atoms with van der Waals surface area (Å²) in [6, 6.07) is 0.254. The lowest BCUT2D eigenvalue weighted by Crippen LogP contribution is -2.56. The Hall–Kier alpha value is -0.0100. The van der Waals surface area contributed by atoms with E-state index in [9.17, 15) is 0 Å². The molecule has 9 atom stereocenters. The van der Waals surface area contributed by atoms with Crippen molar-refractivity contribution in [1.29, 1.82) is 0 Å². The summed E-state index contributed by atoms with van der Waals surface area (Å²) < 4.78 is 0. The van der Waals surface area contributed by atoms with Crippen LogP contribution in [0.2, 0.25) is 0 Å². The van der Waals surface area contributed by atoms with Gasteiger partial charge in [0.2, 0.25) is 0 Å². The number of allylic oxidation sites excluding steroid dienone is 1. The first kappa shape index (κ1) is 22.2. The van der Waals surface area contributed by atoms with E-state index in [-0.39, 0.29) is 6.04 Å². The van der Waals surface area contributed by atoms with Crippen molar-refractivity contribution in [2.75, 3.05) is 0 Å². The molecule has 0 unspecified atom stereocenters. The molecular formula is C27H46ClN. The predicted molar refractivity (Wildman–Crippen MR) is 126 cm³/mol. The highest BCUT2D eigenvalue weighted by atomic mass is 35.5. The second-order valence-corrected chi connectivity index (χ2v) is 13.0. The number of alkyl halides is 1. The van der Waals surface area contributed by atoms with E-state index < -0.39 is 0 Å². The van der Waals surface area contributed by atoms with Gasteiger partial charge in [-0.2, -0.15) is 0 Å². The molecule has 4 rings (SSSR count). The Bertz CT molecular complexity index is 626. The van der Waals surface area contributed by atoms with Gasteiger partial charge in [0.05, 0.1) is 0 Å². The van der Waals surface area contributed by atoms with E-state index in [2.05, 4.69) is 40.7 Å². The van der Waals surface area contributed by atoms with Crippen molar-refractivity contribution >= 4 is 11.6 Å². The lowest BCUT2D eigenvalue weighted by atomic mass is 9.46. The van der Waals surface area contributed by atoms with E-state index in [0.717, 1.165) is 36.0 Å². The molecule has 3 fully saturated rings. The fourth-order valence-corrected chi connectivity index (χ4v) is 8.99. The average molecular weight is 420 g/mol. The number of rotatable bonds is 5. The number of nitrogens with two attached hydrogens (primary N) is 1. The molecule has 0 saturated heterocycles. The highest BCUT2D eigenvalue weighted by molar-refractivity contribution is 6.20. The zero-order chi connectivity index (χ0) is 21.0. The van der Waals surface area contributed by atoms with E-state index in [1.165, 1.54) is 57.8 Å². The van der Waals surface area contributed by atoms with Crippen LogP contribution in [0.1, 0.15) is 98.8 Å². The van der Waals surface area contributed by atoms with E-state index in [1.54, 1.807) is 5.57 Å². The summed E-state index contributed by atoms with van der Waals surface area (Å²) >= 11 is 6.57. The first-order chi connectivity index (χ1) is 13.7. The molecule has 0 spiro atoms. The standard InChI is InChI=1S/C27H46ClN/c1-17(2)7-6-8-18(3)21-9-10-22-25-23(12-14-27(21,22)5)26(4)13-11-20(28)15-19(26)16-24(25)29/h16-18,20-25H,6-15,29H2,1-5H3/t18-,20-,21+,22-,23-,24-,25-,26-,27+/m0/s1. The van der Waals surface area contributed by atoms with Crippen molar-refractivity contribution in [3.8, 4) is 0 Å². The molecule has 0 radical (unpaired) electrons. The third kappa shape index (κ3) is 3.75. The summed E-state index contributed by atoms with van der Waals surface area (Å²) in [5.74, 6) is 4.93. The zero-order valence-electron chi connectivity index (χ0n) is 19.7. The van der Waals surface area contributed by atoms with Crippen LogP contribution in [0.3, 0.4) is 0 Å². The topological polar surface area (TPSA) is 26.0 Å². The lowest BCUT2D eigenvalue weighted by molar-refractivity contribution is -0.0561. The number of halogens is 1. The molecular weight excluding hydrogens is 374 g/mol. The first-order valence-corrected chi connectivity index (χ1v) is 13.2. The average Bonchev–Trinajstić information content (AvgIpc) is 3.00. The molecule has 0 aromatic rings. The van der Waals surface area contributed by atoms with Crippen LogP contribution in [0, 0.1) is 46.3 Å². The summed E-state index contributed by atoms with van der Waals surface area (Å²) in [4.78, 5) is 0. The third-order valence-corrected chi connectivity index (χ3v) is 10.7. The Labute approximate surface area is 185 Å². The maximum Gasteiger partial charge on any atom is 0.0373 e. The van der Waals surface area contributed by atoms with Crippen LogP contribution >= 0.6 is 11.6 Å². The van der Waals surface area contributed by atoms with Gasteiger partial charge in [0.1, 0.15) is 0 Å². The summed E-state index contributed by atoms with van der Waals surface area (Å²) in [7, 11) is 0. The van der Waals surface area contributed by atoms with Gasteiger partial charge in [-0.1, -0.05) is 65.5 Å². The van der Waals surface area contributed by atoms with Crippen molar-refractivity contribution < 1.29 is 0 Å². The molecule has 0 heterocycles. The summed E-state index contributed by atoms with van der Waals surface area (Å²) in [6.45, 7) is 12.5. The first-order valence-electron chi connectivity index (χ1n) is 12.8. The molecule has 0 amide bonds. The number of hydrogen-bond donors (Lipinski definition) is 1. The van der Waals surface area contributed by atoms with E-state index in [1.807, 2.05) is 0 Å².